The summed E-state index contributed by atoms with van der Waals surface area (Å²) >= 11 is 0. The SMILES string of the molecule is CCNC(Cc1ccc(C)c(C)c1)c1cncc(F)c1. The number of halogens is 1. The van der Waals surface area contributed by atoms with Crippen molar-refractivity contribution in [2.45, 2.75) is 33.2 Å². The first-order chi connectivity index (χ1) is 9.60. The van der Waals surface area contributed by atoms with E-state index in [-0.39, 0.29) is 11.9 Å². The van der Waals surface area contributed by atoms with E-state index in [4.69, 9.17) is 0 Å². The van der Waals surface area contributed by atoms with Gasteiger partial charge < -0.3 is 5.32 Å². The van der Waals surface area contributed by atoms with E-state index in [1.165, 1.54) is 22.9 Å². The molecule has 1 aromatic heterocycles. The molecule has 1 atom stereocenters. The maximum Gasteiger partial charge on any atom is 0.141 e. The zero-order chi connectivity index (χ0) is 14.5. The molecule has 0 aliphatic heterocycles. The van der Waals surface area contributed by atoms with E-state index in [1.807, 2.05) is 0 Å². The first kappa shape index (κ1) is 14.7. The van der Waals surface area contributed by atoms with E-state index in [9.17, 15) is 4.39 Å². The molecule has 2 aromatic rings. The van der Waals surface area contributed by atoms with E-state index < -0.39 is 0 Å². The predicted octanol–water partition coefficient (Wildman–Crippen LogP) is 3.73. The highest BCUT2D eigenvalue weighted by Crippen LogP contribution is 2.20. The molecule has 3 heteroatoms. The molecule has 0 bridgehead atoms. The number of aromatic nitrogens is 1. The standard InChI is InChI=1S/C17H21FN2/c1-4-20-17(15-9-16(18)11-19-10-15)8-14-6-5-12(2)13(3)7-14/h5-7,9-11,17,20H,4,8H2,1-3H3. The van der Waals surface area contributed by atoms with Gasteiger partial charge in [-0.3, -0.25) is 4.98 Å². The average molecular weight is 272 g/mol. The normalized spacial score (nSPS) is 12.4. The maximum absolute atomic E-state index is 13.3. The monoisotopic (exact) mass is 272 g/mol. The van der Waals surface area contributed by atoms with Gasteiger partial charge in [0.05, 0.1) is 6.20 Å². The maximum atomic E-state index is 13.3. The van der Waals surface area contributed by atoms with Crippen LogP contribution in [0.1, 0.15) is 35.2 Å². The van der Waals surface area contributed by atoms with Crippen molar-refractivity contribution in [3.05, 3.63) is 64.7 Å². The van der Waals surface area contributed by atoms with E-state index >= 15 is 0 Å². The molecule has 1 heterocycles. The summed E-state index contributed by atoms with van der Waals surface area (Å²) < 4.78 is 13.3. The lowest BCUT2D eigenvalue weighted by atomic mass is 9.97. The van der Waals surface area contributed by atoms with Crippen LogP contribution in [0.2, 0.25) is 0 Å². The van der Waals surface area contributed by atoms with Crippen LogP contribution in [0.4, 0.5) is 4.39 Å². The number of likely N-dealkylation sites (N-methyl/N-ethyl adjacent to an activating group) is 1. The van der Waals surface area contributed by atoms with Gasteiger partial charge in [0, 0.05) is 12.2 Å². The molecule has 0 aliphatic carbocycles. The Bertz CT molecular complexity index is 581. The molecule has 0 radical (unpaired) electrons. The molecule has 2 rings (SSSR count). The van der Waals surface area contributed by atoms with Crippen molar-refractivity contribution in [3.8, 4) is 0 Å². The van der Waals surface area contributed by atoms with Gasteiger partial charge >= 0.3 is 0 Å². The number of rotatable bonds is 5. The van der Waals surface area contributed by atoms with Gasteiger partial charge in [-0.15, -0.1) is 0 Å². The molecule has 0 spiro atoms. The summed E-state index contributed by atoms with van der Waals surface area (Å²) in [6.45, 7) is 7.12. The van der Waals surface area contributed by atoms with Crippen LogP contribution in [-0.2, 0) is 6.42 Å². The van der Waals surface area contributed by atoms with Gasteiger partial charge in [0.25, 0.3) is 0 Å². The minimum absolute atomic E-state index is 0.0882. The van der Waals surface area contributed by atoms with E-state index in [1.54, 1.807) is 12.3 Å². The summed E-state index contributed by atoms with van der Waals surface area (Å²) in [5, 5.41) is 3.40. The number of pyridine rings is 1. The Hall–Kier alpha value is -1.74. The summed E-state index contributed by atoms with van der Waals surface area (Å²) in [6.07, 6.45) is 3.81. The summed E-state index contributed by atoms with van der Waals surface area (Å²) in [5.74, 6) is -0.287. The quantitative estimate of drug-likeness (QED) is 0.897. The fourth-order valence-corrected chi connectivity index (χ4v) is 2.34. The van der Waals surface area contributed by atoms with Crippen molar-refractivity contribution in [1.82, 2.24) is 10.3 Å². The van der Waals surface area contributed by atoms with Gasteiger partial charge in [0.15, 0.2) is 0 Å². The molecule has 2 nitrogen and oxygen atoms in total. The van der Waals surface area contributed by atoms with Gasteiger partial charge in [-0.2, -0.15) is 0 Å². The number of nitrogens with zero attached hydrogens (tertiary/aromatic N) is 1. The molecule has 0 aliphatic rings. The lowest BCUT2D eigenvalue weighted by molar-refractivity contribution is 0.539. The van der Waals surface area contributed by atoms with Crippen LogP contribution in [0, 0.1) is 19.7 Å². The minimum Gasteiger partial charge on any atom is -0.310 e. The first-order valence-electron chi connectivity index (χ1n) is 7.00. The topological polar surface area (TPSA) is 24.9 Å². The Morgan fingerprint density at radius 3 is 2.60 bits per heavy atom. The smallest absolute Gasteiger partial charge is 0.141 e. The zero-order valence-electron chi connectivity index (χ0n) is 12.3. The molecular weight excluding hydrogens is 251 g/mol. The zero-order valence-corrected chi connectivity index (χ0v) is 12.3. The number of benzene rings is 1. The molecule has 106 valence electrons. The van der Waals surface area contributed by atoms with E-state index in [0.29, 0.717) is 0 Å². The highest BCUT2D eigenvalue weighted by Gasteiger charge is 2.12. The summed E-state index contributed by atoms with van der Waals surface area (Å²) in [7, 11) is 0. The summed E-state index contributed by atoms with van der Waals surface area (Å²) in [5.41, 5.74) is 4.73. The van der Waals surface area contributed by atoms with Crippen molar-refractivity contribution in [2.75, 3.05) is 6.54 Å². The highest BCUT2D eigenvalue weighted by molar-refractivity contribution is 5.31. The van der Waals surface area contributed by atoms with Gasteiger partial charge in [-0.1, -0.05) is 25.1 Å². The molecule has 1 unspecified atom stereocenters. The van der Waals surface area contributed by atoms with Crippen LogP contribution >= 0.6 is 0 Å². The third-order valence-electron chi connectivity index (χ3n) is 3.59. The Labute approximate surface area is 120 Å². The third-order valence-corrected chi connectivity index (χ3v) is 3.59. The molecular formula is C17H21FN2. The Morgan fingerprint density at radius 1 is 1.15 bits per heavy atom. The highest BCUT2D eigenvalue weighted by atomic mass is 19.1. The van der Waals surface area contributed by atoms with Crippen molar-refractivity contribution in [1.29, 1.82) is 0 Å². The second-order valence-corrected chi connectivity index (χ2v) is 5.17. The van der Waals surface area contributed by atoms with Crippen LogP contribution in [0.25, 0.3) is 0 Å². The van der Waals surface area contributed by atoms with Crippen LogP contribution in [0.5, 0.6) is 0 Å². The van der Waals surface area contributed by atoms with Crippen molar-refractivity contribution in [3.63, 3.8) is 0 Å². The molecule has 0 fully saturated rings. The van der Waals surface area contributed by atoms with Crippen LogP contribution < -0.4 is 5.32 Å². The fourth-order valence-electron chi connectivity index (χ4n) is 2.34. The number of hydrogen-bond donors (Lipinski definition) is 1. The molecule has 1 aromatic carbocycles. The predicted molar refractivity (Wildman–Crippen MR) is 80.2 cm³/mol. The number of hydrogen-bond acceptors (Lipinski definition) is 2. The fraction of sp³-hybridized carbons (Fsp3) is 0.353. The molecule has 1 N–H and O–H groups in total. The molecule has 20 heavy (non-hydrogen) atoms. The van der Waals surface area contributed by atoms with Crippen molar-refractivity contribution in [2.24, 2.45) is 0 Å². The Kier molecular flexibility index (Phi) is 4.85. The van der Waals surface area contributed by atoms with Crippen molar-refractivity contribution < 1.29 is 4.39 Å². The Balaban J connectivity index is 2.22. The van der Waals surface area contributed by atoms with Crippen LogP contribution in [-0.4, -0.2) is 11.5 Å². The average Bonchev–Trinajstić information content (AvgIpc) is 2.42. The Morgan fingerprint density at radius 2 is 1.95 bits per heavy atom. The third kappa shape index (κ3) is 3.64. The number of aryl methyl sites for hydroxylation is 2. The lowest BCUT2D eigenvalue weighted by Gasteiger charge is -2.18. The second kappa shape index (κ2) is 6.62. The minimum atomic E-state index is -0.287. The summed E-state index contributed by atoms with van der Waals surface area (Å²) in [4.78, 5) is 3.95. The van der Waals surface area contributed by atoms with Gasteiger partial charge in [-0.25, -0.2) is 4.39 Å². The lowest BCUT2D eigenvalue weighted by Crippen LogP contribution is -2.23. The van der Waals surface area contributed by atoms with E-state index in [0.717, 1.165) is 18.5 Å². The second-order valence-electron chi connectivity index (χ2n) is 5.17. The van der Waals surface area contributed by atoms with E-state index in [2.05, 4.69) is 49.3 Å². The van der Waals surface area contributed by atoms with Gasteiger partial charge in [0.2, 0.25) is 0 Å². The number of nitrogens with one attached hydrogen (secondary N) is 1. The first-order valence-corrected chi connectivity index (χ1v) is 7.00. The van der Waals surface area contributed by atoms with Gasteiger partial charge in [-0.05, 0) is 55.1 Å². The largest absolute Gasteiger partial charge is 0.310 e. The van der Waals surface area contributed by atoms with Crippen LogP contribution in [0.15, 0.2) is 36.7 Å². The molecule has 0 amide bonds. The molecule has 0 saturated heterocycles. The molecule has 0 saturated carbocycles. The van der Waals surface area contributed by atoms with Gasteiger partial charge in [0.1, 0.15) is 5.82 Å². The van der Waals surface area contributed by atoms with Crippen LogP contribution in [0.3, 0.4) is 0 Å². The van der Waals surface area contributed by atoms with Crippen molar-refractivity contribution >= 4 is 0 Å². The summed E-state index contributed by atoms with van der Waals surface area (Å²) in [6, 6.07) is 8.12.